The summed E-state index contributed by atoms with van der Waals surface area (Å²) in [7, 11) is 0. The molecular formula is C26H33BrN2O6. The summed E-state index contributed by atoms with van der Waals surface area (Å²) < 4.78 is 6.35. The van der Waals surface area contributed by atoms with E-state index < -0.39 is 35.6 Å². The van der Waals surface area contributed by atoms with Gasteiger partial charge in [-0.15, -0.1) is 6.58 Å². The number of nitrogens with zero attached hydrogens (tertiary/aromatic N) is 2. The number of carbonyl (C=O) groups is 3. The second-order valence-electron chi connectivity index (χ2n) is 9.80. The number of carboxylic acid groups (broad SMARTS) is 1. The maximum absolute atomic E-state index is 14.4. The zero-order valence-corrected chi connectivity index (χ0v) is 21.7. The van der Waals surface area contributed by atoms with Crippen LogP contribution in [-0.4, -0.2) is 75.2 Å². The van der Waals surface area contributed by atoms with Crippen molar-refractivity contribution in [2.45, 2.75) is 62.1 Å². The number of halogens is 1. The number of aryl methyl sites for hydroxylation is 2. The Balaban J connectivity index is 1.79. The lowest BCUT2D eigenvalue weighted by Crippen LogP contribution is -2.57. The molecule has 6 atom stereocenters. The van der Waals surface area contributed by atoms with Gasteiger partial charge in [0.25, 0.3) is 5.91 Å². The molecule has 3 aliphatic heterocycles. The molecule has 3 saturated heterocycles. The number of rotatable bonds is 10. The number of carboxylic acids is 1. The Bertz CT molecular complexity index is 1010. The van der Waals surface area contributed by atoms with Crippen molar-refractivity contribution >= 4 is 39.4 Å². The number of aliphatic carboxylic acids is 1. The van der Waals surface area contributed by atoms with Gasteiger partial charge in [0.1, 0.15) is 11.6 Å². The number of benzene rings is 1. The molecule has 0 saturated carbocycles. The molecule has 3 fully saturated rings. The van der Waals surface area contributed by atoms with Gasteiger partial charge in [-0.3, -0.25) is 14.4 Å². The zero-order chi connectivity index (χ0) is 25.5. The van der Waals surface area contributed by atoms with E-state index in [4.69, 9.17) is 9.84 Å². The number of aliphatic hydroxyl groups excluding tert-OH is 1. The molecule has 0 aromatic heterocycles. The maximum Gasteiger partial charge on any atom is 0.310 e. The lowest BCUT2D eigenvalue weighted by Gasteiger charge is -2.37. The molecule has 8 nitrogen and oxygen atoms in total. The van der Waals surface area contributed by atoms with Crippen molar-refractivity contribution in [3.63, 3.8) is 0 Å². The normalized spacial score (nSPS) is 31.0. The van der Waals surface area contributed by atoms with Gasteiger partial charge < -0.3 is 24.7 Å². The summed E-state index contributed by atoms with van der Waals surface area (Å²) >= 11 is 3.57. The van der Waals surface area contributed by atoms with Crippen molar-refractivity contribution < 1.29 is 29.3 Å². The summed E-state index contributed by atoms with van der Waals surface area (Å²) in [4.78, 5) is 43.3. The zero-order valence-electron chi connectivity index (χ0n) is 20.2. The van der Waals surface area contributed by atoms with E-state index in [1.54, 1.807) is 15.9 Å². The number of aliphatic hydroxyl groups is 1. The molecule has 4 rings (SSSR count). The fourth-order valence-electron chi connectivity index (χ4n) is 6.30. The van der Waals surface area contributed by atoms with Gasteiger partial charge in [0.05, 0.1) is 17.9 Å². The van der Waals surface area contributed by atoms with E-state index in [2.05, 4.69) is 22.5 Å². The molecule has 1 spiro atoms. The van der Waals surface area contributed by atoms with E-state index in [1.807, 2.05) is 32.0 Å². The van der Waals surface area contributed by atoms with Crippen LogP contribution in [0.5, 0.6) is 0 Å². The fraction of sp³-hybridized carbons (Fsp3) is 0.577. The number of para-hydroxylation sites is 1. The van der Waals surface area contributed by atoms with E-state index in [1.165, 1.54) is 0 Å². The first-order valence-electron chi connectivity index (χ1n) is 12.1. The number of likely N-dealkylation sites (tertiary alicyclic amines) is 1. The van der Waals surface area contributed by atoms with E-state index >= 15 is 0 Å². The fourth-order valence-corrected chi connectivity index (χ4v) is 7.24. The monoisotopic (exact) mass is 548 g/mol. The molecule has 3 aliphatic rings. The largest absolute Gasteiger partial charge is 0.481 e. The highest BCUT2D eigenvalue weighted by Gasteiger charge is 2.76. The third kappa shape index (κ3) is 4.11. The molecule has 2 N–H and O–H groups in total. The lowest BCUT2D eigenvalue weighted by molar-refractivity contribution is -0.149. The highest BCUT2D eigenvalue weighted by Crippen LogP contribution is 2.60. The van der Waals surface area contributed by atoms with Crippen molar-refractivity contribution in [1.82, 2.24) is 4.90 Å². The van der Waals surface area contributed by atoms with Crippen LogP contribution in [0.2, 0.25) is 0 Å². The molecule has 2 amide bonds. The van der Waals surface area contributed by atoms with Crippen LogP contribution < -0.4 is 4.90 Å². The molecule has 9 heteroatoms. The maximum atomic E-state index is 14.4. The van der Waals surface area contributed by atoms with Crippen LogP contribution in [0.25, 0.3) is 0 Å². The van der Waals surface area contributed by atoms with Crippen LogP contribution in [0, 0.1) is 25.7 Å². The highest BCUT2D eigenvalue weighted by atomic mass is 79.9. The first kappa shape index (κ1) is 25.9. The van der Waals surface area contributed by atoms with Gasteiger partial charge in [-0.25, -0.2) is 0 Å². The van der Waals surface area contributed by atoms with Gasteiger partial charge in [-0.05, 0) is 50.7 Å². The van der Waals surface area contributed by atoms with Crippen LogP contribution in [0.15, 0.2) is 30.9 Å². The first-order chi connectivity index (χ1) is 16.7. The van der Waals surface area contributed by atoms with Crippen LogP contribution >= 0.6 is 15.9 Å². The predicted octanol–water partition coefficient (Wildman–Crippen LogP) is 2.82. The van der Waals surface area contributed by atoms with E-state index in [-0.39, 0.29) is 29.8 Å². The van der Waals surface area contributed by atoms with Crippen molar-refractivity contribution in [3.05, 3.63) is 42.0 Å². The molecule has 0 aliphatic carbocycles. The number of amides is 2. The number of hydrogen-bond donors (Lipinski definition) is 2. The molecule has 1 unspecified atom stereocenters. The molecule has 35 heavy (non-hydrogen) atoms. The Morgan fingerprint density at radius 1 is 1.29 bits per heavy atom. The van der Waals surface area contributed by atoms with E-state index in [0.717, 1.165) is 16.8 Å². The van der Waals surface area contributed by atoms with Gasteiger partial charge in [0.2, 0.25) is 5.91 Å². The summed E-state index contributed by atoms with van der Waals surface area (Å²) in [6.07, 6.45) is 3.26. The Morgan fingerprint density at radius 2 is 1.97 bits per heavy atom. The van der Waals surface area contributed by atoms with Crippen LogP contribution in [0.3, 0.4) is 0 Å². The molecule has 0 radical (unpaired) electrons. The molecule has 1 aromatic rings. The standard InChI is InChI=1S/C26H33BrN2O6/c1-4-11-28(20-15(2)9-8-10-16(20)3)24(32)22-26-14-17(27)21(35-26)18(25(33)34)19(26)23(31)29(22)12-6-5-7-13-30/h4,8-10,17-19,21-22,30H,1,5-7,11-14H2,2-3H3,(H,33,34)/t17?,18-,19+,21-,22-,26+/m0/s1. The summed E-state index contributed by atoms with van der Waals surface area (Å²) in [5.74, 6) is -3.61. The SMILES string of the molecule is C=CCN(C(=O)[C@@H]1N(CCCCCO)C(=O)[C@H]2[C@H](C(=O)O)[C@H]3O[C@@]12CC3Br)c1c(C)cccc1C. The molecule has 190 valence electrons. The third-order valence-electron chi connectivity index (χ3n) is 7.65. The first-order valence-corrected chi connectivity index (χ1v) is 13.1. The average molecular weight is 549 g/mol. The minimum absolute atomic E-state index is 0.0552. The summed E-state index contributed by atoms with van der Waals surface area (Å²) in [6.45, 7) is 8.32. The number of unbranched alkanes of at least 4 members (excludes halogenated alkanes) is 2. The van der Waals surface area contributed by atoms with Crippen LogP contribution in [0.4, 0.5) is 5.69 Å². The molecular weight excluding hydrogens is 516 g/mol. The predicted molar refractivity (Wildman–Crippen MR) is 134 cm³/mol. The third-order valence-corrected chi connectivity index (χ3v) is 8.50. The Labute approximate surface area is 214 Å². The summed E-state index contributed by atoms with van der Waals surface area (Å²) in [5.41, 5.74) is 1.41. The Hall–Kier alpha value is -2.23. The number of hydrogen-bond acceptors (Lipinski definition) is 5. The van der Waals surface area contributed by atoms with Crippen LogP contribution in [0.1, 0.15) is 36.8 Å². The second kappa shape index (κ2) is 10.0. The number of anilines is 1. The number of ether oxygens (including phenoxy) is 1. The van der Waals surface area contributed by atoms with Crippen molar-refractivity contribution in [3.8, 4) is 0 Å². The molecule has 1 aromatic carbocycles. The summed E-state index contributed by atoms with van der Waals surface area (Å²) in [6, 6.07) is 4.86. The quantitative estimate of drug-likeness (QED) is 0.264. The van der Waals surface area contributed by atoms with Crippen molar-refractivity contribution in [2.24, 2.45) is 11.8 Å². The Morgan fingerprint density at radius 3 is 2.57 bits per heavy atom. The average Bonchev–Trinajstić information content (AvgIpc) is 3.39. The lowest BCUT2D eigenvalue weighted by atomic mass is 9.70. The van der Waals surface area contributed by atoms with Crippen molar-refractivity contribution in [1.29, 1.82) is 0 Å². The second-order valence-corrected chi connectivity index (χ2v) is 11.0. The van der Waals surface area contributed by atoms with Crippen molar-refractivity contribution in [2.75, 3.05) is 24.6 Å². The minimum Gasteiger partial charge on any atom is -0.481 e. The minimum atomic E-state index is -1.21. The molecule has 2 bridgehead atoms. The topological polar surface area (TPSA) is 107 Å². The van der Waals surface area contributed by atoms with Gasteiger partial charge in [0, 0.05) is 30.2 Å². The van der Waals surface area contributed by atoms with E-state index in [0.29, 0.717) is 32.2 Å². The Kier molecular flexibility index (Phi) is 7.41. The summed E-state index contributed by atoms with van der Waals surface area (Å²) in [5, 5.41) is 19.2. The smallest absolute Gasteiger partial charge is 0.310 e. The van der Waals surface area contributed by atoms with Gasteiger partial charge in [-0.2, -0.15) is 0 Å². The number of fused-ring (bicyclic) bond motifs is 1. The highest BCUT2D eigenvalue weighted by molar-refractivity contribution is 9.09. The number of carbonyl (C=O) groups excluding carboxylic acids is 2. The number of alkyl halides is 1. The van der Waals surface area contributed by atoms with Gasteiger partial charge >= 0.3 is 5.97 Å². The van der Waals surface area contributed by atoms with Gasteiger partial charge in [-0.1, -0.05) is 40.2 Å². The van der Waals surface area contributed by atoms with Crippen LogP contribution in [-0.2, 0) is 19.1 Å². The molecule has 3 heterocycles. The van der Waals surface area contributed by atoms with Gasteiger partial charge in [0.15, 0.2) is 0 Å². The van der Waals surface area contributed by atoms with E-state index in [9.17, 15) is 19.5 Å².